The Morgan fingerprint density at radius 3 is 2.29 bits per heavy atom. The number of alkyl halides is 1. The topological polar surface area (TPSA) is 44.8 Å². The van der Waals surface area contributed by atoms with Gasteiger partial charge < -0.3 is 0 Å². The molecule has 0 saturated heterocycles. The summed E-state index contributed by atoms with van der Waals surface area (Å²) in [7, 11) is -3.43. The van der Waals surface area contributed by atoms with E-state index in [0.29, 0.717) is 6.61 Å². The summed E-state index contributed by atoms with van der Waals surface area (Å²) in [6.07, 6.45) is 0.927. The van der Waals surface area contributed by atoms with E-state index >= 15 is 0 Å². The van der Waals surface area contributed by atoms with Gasteiger partial charge in [-0.2, -0.15) is 0 Å². The van der Waals surface area contributed by atoms with Crippen molar-refractivity contribution in [2.75, 3.05) is 26.5 Å². The maximum Gasteiger partial charge on any atom is 0.474 e. The molecular formula is C8H18FO4P. The van der Waals surface area contributed by atoms with Gasteiger partial charge in [0, 0.05) is 0 Å². The van der Waals surface area contributed by atoms with Crippen LogP contribution in [0.5, 0.6) is 0 Å². The van der Waals surface area contributed by atoms with Gasteiger partial charge in [0.2, 0.25) is 0 Å². The van der Waals surface area contributed by atoms with E-state index in [1.165, 1.54) is 0 Å². The highest BCUT2D eigenvalue weighted by atomic mass is 31.2. The lowest BCUT2D eigenvalue weighted by atomic mass is 10.5. The molecule has 0 rings (SSSR count). The van der Waals surface area contributed by atoms with Crippen molar-refractivity contribution in [2.24, 2.45) is 0 Å². The lowest BCUT2D eigenvalue weighted by Crippen LogP contribution is -2.02. The molecule has 0 heterocycles. The molecule has 6 heteroatoms. The molecular weight excluding hydrogens is 210 g/mol. The number of hydrogen-bond donors (Lipinski definition) is 0. The number of rotatable bonds is 9. The van der Waals surface area contributed by atoms with Crippen LogP contribution in [-0.2, 0) is 18.1 Å². The van der Waals surface area contributed by atoms with Crippen LogP contribution in [0.25, 0.3) is 0 Å². The van der Waals surface area contributed by atoms with Gasteiger partial charge in [-0.15, -0.1) is 0 Å². The summed E-state index contributed by atoms with van der Waals surface area (Å²) >= 11 is 0. The summed E-state index contributed by atoms with van der Waals surface area (Å²) in [6.45, 7) is 3.69. The first-order valence-electron chi connectivity index (χ1n) is 4.78. The second-order valence-corrected chi connectivity index (χ2v) is 4.24. The fourth-order valence-corrected chi connectivity index (χ4v) is 2.00. The highest BCUT2D eigenvalue weighted by Gasteiger charge is 2.25. The van der Waals surface area contributed by atoms with Crippen molar-refractivity contribution in [3.8, 4) is 0 Å². The third kappa shape index (κ3) is 6.49. The Labute approximate surface area is 84.3 Å². The second-order valence-electron chi connectivity index (χ2n) is 2.57. The van der Waals surface area contributed by atoms with Gasteiger partial charge in [-0.25, -0.2) is 4.57 Å². The van der Waals surface area contributed by atoms with Crippen molar-refractivity contribution in [3.05, 3.63) is 0 Å². The van der Waals surface area contributed by atoms with Crippen LogP contribution < -0.4 is 0 Å². The van der Waals surface area contributed by atoms with Crippen molar-refractivity contribution < 1.29 is 22.5 Å². The van der Waals surface area contributed by atoms with Crippen LogP contribution >= 0.6 is 7.82 Å². The molecule has 0 amide bonds. The summed E-state index contributed by atoms with van der Waals surface area (Å²) < 4.78 is 38.1. The zero-order valence-corrected chi connectivity index (χ0v) is 9.60. The Balaban J connectivity index is 3.89. The monoisotopic (exact) mass is 228 g/mol. The van der Waals surface area contributed by atoms with Crippen molar-refractivity contribution in [1.82, 2.24) is 0 Å². The summed E-state index contributed by atoms with van der Waals surface area (Å²) in [5.74, 6) is 0. The maximum atomic E-state index is 11.8. The zero-order valence-electron chi connectivity index (χ0n) is 8.70. The zero-order chi connectivity index (χ0) is 10.9. The predicted molar refractivity (Wildman–Crippen MR) is 52.0 cm³/mol. The van der Waals surface area contributed by atoms with Crippen molar-refractivity contribution in [1.29, 1.82) is 0 Å². The third-order valence-corrected chi connectivity index (χ3v) is 2.84. The Bertz CT molecular complexity index is 177. The van der Waals surface area contributed by atoms with E-state index < -0.39 is 14.5 Å². The van der Waals surface area contributed by atoms with E-state index in [4.69, 9.17) is 13.6 Å². The fraction of sp³-hybridized carbons (Fsp3) is 1.00. The van der Waals surface area contributed by atoms with Crippen molar-refractivity contribution in [3.63, 3.8) is 0 Å². The molecule has 0 aliphatic heterocycles. The standard InChI is InChI=1S/C8H18FO4P/c1-3-7-12-14(10,11-4-2)13-8-5-6-9/h3-8H2,1-2H3. The average Bonchev–Trinajstić information content (AvgIpc) is 2.16. The molecule has 4 nitrogen and oxygen atoms in total. The Hall–Kier alpha value is 0.0400. The molecule has 0 spiro atoms. The molecule has 0 fully saturated rings. The lowest BCUT2D eigenvalue weighted by Gasteiger charge is -2.16. The van der Waals surface area contributed by atoms with Gasteiger partial charge in [0.15, 0.2) is 0 Å². The molecule has 0 aliphatic carbocycles. The van der Waals surface area contributed by atoms with Crippen LogP contribution in [0, 0.1) is 0 Å². The third-order valence-electron chi connectivity index (χ3n) is 1.27. The average molecular weight is 228 g/mol. The Morgan fingerprint density at radius 1 is 1.14 bits per heavy atom. The van der Waals surface area contributed by atoms with E-state index in [1.807, 2.05) is 6.92 Å². The SMILES string of the molecule is CCCOP(=O)(OCC)OCCCF. The first-order chi connectivity index (χ1) is 6.68. The second kappa shape index (κ2) is 8.36. The molecule has 0 saturated carbocycles. The van der Waals surface area contributed by atoms with Crippen LogP contribution in [0.15, 0.2) is 0 Å². The first kappa shape index (κ1) is 14.0. The molecule has 0 aromatic carbocycles. The normalized spacial score (nSPS) is 15.4. The fourth-order valence-electron chi connectivity index (χ4n) is 0.704. The molecule has 1 atom stereocenters. The number of phosphoric ester groups is 1. The first-order valence-corrected chi connectivity index (χ1v) is 6.24. The van der Waals surface area contributed by atoms with Gasteiger partial charge in [-0.1, -0.05) is 6.92 Å². The van der Waals surface area contributed by atoms with E-state index in [2.05, 4.69) is 0 Å². The van der Waals surface area contributed by atoms with Crippen LogP contribution in [-0.4, -0.2) is 26.5 Å². The molecule has 0 aliphatic rings. The van der Waals surface area contributed by atoms with Gasteiger partial charge >= 0.3 is 7.82 Å². The lowest BCUT2D eigenvalue weighted by molar-refractivity contribution is 0.114. The maximum absolute atomic E-state index is 11.8. The van der Waals surface area contributed by atoms with E-state index in [1.54, 1.807) is 6.92 Å². The van der Waals surface area contributed by atoms with E-state index in [0.717, 1.165) is 6.42 Å². The Kier molecular flexibility index (Phi) is 8.38. The van der Waals surface area contributed by atoms with Crippen LogP contribution in [0.2, 0.25) is 0 Å². The summed E-state index contributed by atoms with van der Waals surface area (Å²) in [6, 6.07) is 0. The largest absolute Gasteiger partial charge is 0.474 e. The Morgan fingerprint density at radius 2 is 1.79 bits per heavy atom. The molecule has 0 bridgehead atoms. The predicted octanol–water partition coefficient (Wildman–Crippen LogP) is 2.93. The summed E-state index contributed by atoms with van der Waals surface area (Å²) in [4.78, 5) is 0. The minimum Gasteiger partial charge on any atom is -0.287 e. The quantitative estimate of drug-likeness (QED) is 0.449. The highest BCUT2D eigenvalue weighted by molar-refractivity contribution is 7.48. The van der Waals surface area contributed by atoms with Crippen LogP contribution in [0.4, 0.5) is 4.39 Å². The number of hydrogen-bond acceptors (Lipinski definition) is 4. The smallest absolute Gasteiger partial charge is 0.287 e. The summed E-state index contributed by atoms with van der Waals surface area (Å²) in [5, 5.41) is 0. The molecule has 1 unspecified atom stereocenters. The number of halogens is 1. The molecule has 0 aromatic heterocycles. The van der Waals surface area contributed by atoms with E-state index in [9.17, 15) is 8.96 Å². The summed E-state index contributed by atoms with van der Waals surface area (Å²) in [5.41, 5.74) is 0. The van der Waals surface area contributed by atoms with Gasteiger partial charge in [0.1, 0.15) is 0 Å². The van der Waals surface area contributed by atoms with Gasteiger partial charge in [-0.3, -0.25) is 18.0 Å². The van der Waals surface area contributed by atoms with Gasteiger partial charge in [-0.05, 0) is 19.8 Å². The number of phosphoric acid groups is 1. The molecule has 0 N–H and O–H groups in total. The molecule has 86 valence electrons. The molecule has 0 radical (unpaired) electrons. The molecule has 14 heavy (non-hydrogen) atoms. The van der Waals surface area contributed by atoms with Crippen LogP contribution in [0.3, 0.4) is 0 Å². The van der Waals surface area contributed by atoms with E-state index in [-0.39, 0.29) is 19.6 Å². The van der Waals surface area contributed by atoms with Gasteiger partial charge in [0.05, 0.1) is 26.5 Å². The minimum absolute atomic E-state index is 0.0531. The molecule has 0 aromatic rings. The van der Waals surface area contributed by atoms with Gasteiger partial charge in [0.25, 0.3) is 0 Å². The highest BCUT2D eigenvalue weighted by Crippen LogP contribution is 2.49. The van der Waals surface area contributed by atoms with Crippen molar-refractivity contribution >= 4 is 7.82 Å². The van der Waals surface area contributed by atoms with Crippen LogP contribution in [0.1, 0.15) is 26.7 Å². The minimum atomic E-state index is -3.43. The van der Waals surface area contributed by atoms with Crippen molar-refractivity contribution in [2.45, 2.75) is 26.7 Å².